The summed E-state index contributed by atoms with van der Waals surface area (Å²) in [5.41, 5.74) is 3.09. The van der Waals surface area contributed by atoms with Gasteiger partial charge in [0.15, 0.2) is 0 Å². The minimum atomic E-state index is -3.49. The highest BCUT2D eigenvalue weighted by atomic mass is 32.2. The molecular formula is C26H39N3O5S. The molecule has 8 nitrogen and oxygen atoms in total. The molecule has 1 aromatic rings. The van der Waals surface area contributed by atoms with Crippen LogP contribution in [0, 0.1) is 31.6 Å². The Labute approximate surface area is 209 Å². The Balaban J connectivity index is 1.33. The van der Waals surface area contributed by atoms with Crippen LogP contribution in [-0.4, -0.2) is 69.0 Å². The van der Waals surface area contributed by atoms with Crippen molar-refractivity contribution in [2.24, 2.45) is 17.8 Å². The zero-order valence-electron chi connectivity index (χ0n) is 21.3. The topological polar surface area (TPSA) is 96.0 Å². The number of nitrogens with one attached hydrogen (secondary N) is 1. The summed E-state index contributed by atoms with van der Waals surface area (Å²) in [6, 6.07) is 5.92. The number of hydrogen-bond donors (Lipinski definition) is 1. The van der Waals surface area contributed by atoms with Crippen molar-refractivity contribution in [3.8, 4) is 0 Å². The highest BCUT2D eigenvalue weighted by Crippen LogP contribution is 2.40. The van der Waals surface area contributed by atoms with Crippen molar-refractivity contribution in [3.63, 3.8) is 0 Å². The van der Waals surface area contributed by atoms with Gasteiger partial charge in [0.1, 0.15) is 5.25 Å². The summed E-state index contributed by atoms with van der Waals surface area (Å²) in [7, 11) is -3.49. The summed E-state index contributed by atoms with van der Waals surface area (Å²) in [5.74, 6) is -0.242. The molecule has 35 heavy (non-hydrogen) atoms. The average molecular weight is 506 g/mol. The number of carbonyl (C=O) groups excluding carboxylic acids is 2. The molecule has 0 saturated carbocycles. The van der Waals surface area contributed by atoms with E-state index in [9.17, 15) is 18.0 Å². The highest BCUT2D eigenvalue weighted by Gasteiger charge is 2.48. The van der Waals surface area contributed by atoms with E-state index < -0.39 is 15.3 Å². The summed E-state index contributed by atoms with van der Waals surface area (Å²) >= 11 is 0. The number of benzene rings is 1. The quantitative estimate of drug-likeness (QED) is 0.619. The minimum Gasteiger partial charge on any atom is -0.466 e. The van der Waals surface area contributed by atoms with E-state index in [4.69, 9.17) is 4.74 Å². The molecule has 3 atom stereocenters. The van der Waals surface area contributed by atoms with Gasteiger partial charge in [0.2, 0.25) is 15.9 Å². The van der Waals surface area contributed by atoms with Crippen molar-refractivity contribution in [2.45, 2.75) is 64.8 Å². The van der Waals surface area contributed by atoms with Gasteiger partial charge in [-0.1, -0.05) is 25.1 Å². The number of sulfonamides is 1. The van der Waals surface area contributed by atoms with Crippen LogP contribution in [-0.2, 0) is 24.3 Å². The van der Waals surface area contributed by atoms with Crippen molar-refractivity contribution in [2.75, 3.05) is 32.8 Å². The van der Waals surface area contributed by atoms with Gasteiger partial charge >= 0.3 is 5.97 Å². The van der Waals surface area contributed by atoms with Crippen LogP contribution in [0.25, 0.3) is 0 Å². The number of aryl methyl sites for hydroxylation is 2. The third kappa shape index (κ3) is 5.42. The van der Waals surface area contributed by atoms with E-state index in [-0.39, 0.29) is 35.8 Å². The molecule has 194 valence electrons. The summed E-state index contributed by atoms with van der Waals surface area (Å²) < 4.78 is 34.2. The van der Waals surface area contributed by atoms with Crippen LogP contribution in [0.5, 0.6) is 0 Å². The molecule has 3 aliphatic heterocycles. The molecule has 1 aromatic carbocycles. The van der Waals surface area contributed by atoms with E-state index in [1.165, 1.54) is 0 Å². The number of esters is 1. The van der Waals surface area contributed by atoms with Gasteiger partial charge in [-0.15, -0.1) is 0 Å². The maximum atomic E-state index is 13.1. The number of nitrogens with zero attached hydrogens (tertiary/aromatic N) is 2. The van der Waals surface area contributed by atoms with Crippen LogP contribution in [0.1, 0.15) is 61.5 Å². The Bertz CT molecular complexity index is 1040. The van der Waals surface area contributed by atoms with Crippen molar-refractivity contribution < 1.29 is 22.7 Å². The number of hydrogen-bond acceptors (Lipinski definition) is 6. The predicted octanol–water partition coefficient (Wildman–Crippen LogP) is 2.75. The lowest BCUT2D eigenvalue weighted by molar-refractivity contribution is -0.152. The van der Waals surface area contributed by atoms with Crippen molar-refractivity contribution >= 4 is 21.9 Å². The van der Waals surface area contributed by atoms with Gasteiger partial charge in [-0.2, -0.15) is 4.72 Å². The molecule has 0 bridgehead atoms. The van der Waals surface area contributed by atoms with Gasteiger partial charge in [-0.3, -0.25) is 14.5 Å². The Hall–Kier alpha value is -1.97. The standard InChI is InChI=1S/C26H39N3O5S/c1-5-34-26(31)21-10-14-29(15-11-21)25(30)20-8-12-28(13-9-20)24-19(4)23(35(32,33)27-24)22-7-6-17(2)18(3)16-22/h6-7,16,19-21,23-24,27H,5,8-15H2,1-4H3. The van der Waals surface area contributed by atoms with Gasteiger partial charge in [0.05, 0.1) is 18.7 Å². The number of piperidine rings is 2. The van der Waals surface area contributed by atoms with Crippen LogP contribution >= 0.6 is 0 Å². The Morgan fingerprint density at radius 2 is 1.63 bits per heavy atom. The number of ether oxygens (including phenoxy) is 1. The molecule has 0 aromatic heterocycles. The van der Waals surface area contributed by atoms with Crippen molar-refractivity contribution in [1.29, 1.82) is 0 Å². The van der Waals surface area contributed by atoms with Gasteiger partial charge in [-0.25, -0.2) is 8.42 Å². The summed E-state index contributed by atoms with van der Waals surface area (Å²) in [6.07, 6.45) is 2.49. The van der Waals surface area contributed by atoms with Crippen LogP contribution in [0.3, 0.4) is 0 Å². The SMILES string of the molecule is CCOC(=O)C1CCN(C(=O)C2CCN(C3NS(=O)(=O)C(c4ccc(C)c(C)c4)C3C)CC2)CC1. The summed E-state index contributed by atoms with van der Waals surface area (Å²) in [5, 5.41) is -0.577. The molecular weight excluding hydrogens is 466 g/mol. The zero-order chi connectivity index (χ0) is 25.3. The number of carbonyl (C=O) groups is 2. The molecule has 1 amide bonds. The lowest BCUT2D eigenvalue weighted by Crippen LogP contribution is -2.51. The maximum absolute atomic E-state index is 13.1. The minimum absolute atomic E-state index is 0.0470. The second-order valence-electron chi connectivity index (χ2n) is 10.4. The monoisotopic (exact) mass is 505 g/mol. The first-order valence-corrected chi connectivity index (χ1v) is 14.4. The molecule has 1 N–H and O–H groups in total. The largest absolute Gasteiger partial charge is 0.466 e. The fourth-order valence-corrected chi connectivity index (χ4v) is 7.97. The third-order valence-corrected chi connectivity index (χ3v) is 10.1. The predicted molar refractivity (Wildman–Crippen MR) is 134 cm³/mol. The van der Waals surface area contributed by atoms with E-state index >= 15 is 0 Å². The second kappa shape index (κ2) is 10.6. The van der Waals surface area contributed by atoms with Gasteiger partial charge in [-0.05, 0) is 63.1 Å². The fraction of sp³-hybridized carbons (Fsp3) is 0.692. The van der Waals surface area contributed by atoms with Crippen molar-refractivity contribution in [3.05, 3.63) is 34.9 Å². The Kier molecular flexibility index (Phi) is 7.88. The lowest BCUT2D eigenvalue weighted by atomic mass is 9.90. The first kappa shape index (κ1) is 26.1. The first-order valence-electron chi connectivity index (χ1n) is 12.9. The van der Waals surface area contributed by atoms with Gasteiger partial charge in [0, 0.05) is 38.0 Å². The Morgan fingerprint density at radius 3 is 2.23 bits per heavy atom. The molecule has 4 rings (SSSR count). The number of amides is 1. The molecule has 3 aliphatic rings. The van der Waals surface area contributed by atoms with E-state index in [0.717, 1.165) is 29.5 Å². The van der Waals surface area contributed by atoms with E-state index in [1.807, 2.05) is 50.8 Å². The average Bonchev–Trinajstić information content (AvgIpc) is 3.09. The molecule has 0 radical (unpaired) electrons. The zero-order valence-corrected chi connectivity index (χ0v) is 22.1. The van der Waals surface area contributed by atoms with Crippen molar-refractivity contribution in [1.82, 2.24) is 14.5 Å². The molecule has 9 heteroatoms. The van der Waals surface area contributed by atoms with Gasteiger partial charge < -0.3 is 9.64 Å². The smallest absolute Gasteiger partial charge is 0.309 e. The molecule has 3 saturated heterocycles. The fourth-order valence-electron chi connectivity index (χ4n) is 5.91. The normalized spacial score (nSPS) is 28.2. The second-order valence-corrected chi connectivity index (χ2v) is 12.2. The van der Waals surface area contributed by atoms with E-state index in [0.29, 0.717) is 45.6 Å². The highest BCUT2D eigenvalue weighted by molar-refractivity contribution is 7.90. The molecule has 3 heterocycles. The van der Waals surface area contributed by atoms with Crippen LogP contribution in [0.2, 0.25) is 0 Å². The van der Waals surface area contributed by atoms with E-state index in [2.05, 4.69) is 9.62 Å². The van der Waals surface area contributed by atoms with E-state index in [1.54, 1.807) is 0 Å². The van der Waals surface area contributed by atoms with Crippen LogP contribution in [0.4, 0.5) is 0 Å². The molecule has 3 fully saturated rings. The number of rotatable bonds is 5. The summed E-state index contributed by atoms with van der Waals surface area (Å²) in [4.78, 5) is 29.2. The number of likely N-dealkylation sites (tertiary alicyclic amines) is 2. The lowest BCUT2D eigenvalue weighted by Gasteiger charge is -2.39. The summed E-state index contributed by atoms with van der Waals surface area (Å²) in [6.45, 7) is 10.8. The first-order chi connectivity index (χ1) is 16.6. The molecule has 0 aliphatic carbocycles. The Morgan fingerprint density at radius 1 is 1.00 bits per heavy atom. The van der Waals surface area contributed by atoms with Crippen LogP contribution in [0.15, 0.2) is 18.2 Å². The van der Waals surface area contributed by atoms with Gasteiger partial charge in [0.25, 0.3) is 0 Å². The maximum Gasteiger partial charge on any atom is 0.309 e. The van der Waals surface area contributed by atoms with Crippen LogP contribution < -0.4 is 4.72 Å². The molecule has 3 unspecified atom stereocenters. The third-order valence-electron chi connectivity index (χ3n) is 8.15. The molecule has 0 spiro atoms.